The van der Waals surface area contributed by atoms with E-state index in [9.17, 15) is 0 Å². The van der Waals surface area contributed by atoms with E-state index in [1.807, 2.05) is 6.92 Å². The minimum Gasteiger partial charge on any atom is -0.289 e. The molecule has 0 atom stereocenters. The lowest BCUT2D eigenvalue weighted by Gasteiger charge is -1.95. The summed E-state index contributed by atoms with van der Waals surface area (Å²) >= 11 is 1.70. The van der Waals surface area contributed by atoms with Gasteiger partial charge in [0.2, 0.25) is 0 Å². The van der Waals surface area contributed by atoms with E-state index in [1.54, 1.807) is 11.8 Å². The van der Waals surface area contributed by atoms with E-state index in [0.717, 1.165) is 23.6 Å². The summed E-state index contributed by atoms with van der Waals surface area (Å²) in [6.45, 7) is 4.13. The molecule has 0 aromatic carbocycles. The van der Waals surface area contributed by atoms with Crippen LogP contribution < -0.4 is 0 Å². The molecule has 0 aliphatic carbocycles. The van der Waals surface area contributed by atoms with Gasteiger partial charge >= 0.3 is 0 Å². The third kappa shape index (κ3) is 4.21. The molecular weight excluding hydrogens is 132 g/mol. The van der Waals surface area contributed by atoms with Crippen molar-refractivity contribution in [1.82, 2.24) is 0 Å². The predicted octanol–water partition coefficient (Wildman–Crippen LogP) is 2.16. The first kappa shape index (κ1) is 8.69. The molecule has 0 aliphatic heterocycles. The van der Waals surface area contributed by atoms with Crippen molar-refractivity contribution in [1.29, 1.82) is 5.41 Å². The average Bonchev–Trinajstić information content (AvgIpc) is 1.88. The summed E-state index contributed by atoms with van der Waals surface area (Å²) in [5, 5.41) is 7.74. The van der Waals surface area contributed by atoms with Crippen LogP contribution in [-0.2, 0) is 0 Å². The molecule has 1 N–H and O–H groups in total. The van der Waals surface area contributed by atoms with E-state index < -0.39 is 0 Å². The van der Waals surface area contributed by atoms with Crippen LogP contribution in [0.3, 0.4) is 0 Å². The Kier molecular flexibility index (Phi) is 5.62. The lowest BCUT2D eigenvalue weighted by atomic mass is 10.5. The number of nitrogens with zero attached hydrogens (tertiary/aromatic N) is 1. The zero-order valence-corrected chi connectivity index (χ0v) is 6.66. The van der Waals surface area contributed by atoms with Gasteiger partial charge in [0.05, 0.1) is 5.04 Å². The Bertz CT molecular complexity index is 110. The fraction of sp³-hybridized carbons (Fsp3) is 0.667. The van der Waals surface area contributed by atoms with Gasteiger partial charge in [0.25, 0.3) is 0 Å². The van der Waals surface area contributed by atoms with Gasteiger partial charge in [-0.3, -0.25) is 5.41 Å². The smallest absolute Gasteiger partial charge is 0.107 e. The maximum absolute atomic E-state index is 6.69. The van der Waals surface area contributed by atoms with Crippen LogP contribution in [0, 0.1) is 5.41 Å². The lowest BCUT2D eigenvalue weighted by Crippen LogP contribution is -1.89. The highest BCUT2D eigenvalue weighted by atomic mass is 32.2. The molecule has 0 rings (SSSR count). The summed E-state index contributed by atoms with van der Waals surface area (Å²) in [5.41, 5.74) is 0. The average molecular weight is 144 g/mol. The topological polar surface area (TPSA) is 36.2 Å². The third-order valence-electron chi connectivity index (χ3n) is 0.822. The number of rotatable bonds is 3. The Labute approximate surface area is 60.3 Å². The van der Waals surface area contributed by atoms with E-state index in [1.165, 1.54) is 0 Å². The molecule has 52 valence electrons. The fourth-order valence-electron chi connectivity index (χ4n) is 0.469. The Hall–Kier alpha value is -0.310. The number of nitrogens with one attached hydrogen (secondary N) is 1. The van der Waals surface area contributed by atoms with Crippen molar-refractivity contribution in [3.05, 3.63) is 0 Å². The highest BCUT2D eigenvalue weighted by Crippen LogP contribution is 2.05. The van der Waals surface area contributed by atoms with Gasteiger partial charge in [-0.1, -0.05) is 13.8 Å². The van der Waals surface area contributed by atoms with Gasteiger partial charge in [0, 0.05) is 0 Å². The maximum Gasteiger partial charge on any atom is 0.107 e. The molecule has 2 nitrogen and oxygen atoms in total. The van der Waals surface area contributed by atoms with Gasteiger partial charge in [-0.05, 0) is 12.2 Å². The van der Waals surface area contributed by atoms with E-state index in [2.05, 4.69) is 11.9 Å². The maximum atomic E-state index is 6.69. The summed E-state index contributed by atoms with van der Waals surface area (Å²) in [5.74, 6) is 1.04. The summed E-state index contributed by atoms with van der Waals surface area (Å²) < 4.78 is 0. The standard InChI is InChI=1S/C6H12N2S/c1-3-6(8-5-7)9-4-2/h5,7H,3-4H2,1-2H3/b7-5?,8-6+. The van der Waals surface area contributed by atoms with Gasteiger partial charge in [-0.2, -0.15) is 0 Å². The third-order valence-corrected chi connectivity index (χ3v) is 1.84. The lowest BCUT2D eigenvalue weighted by molar-refractivity contribution is 1.31. The van der Waals surface area contributed by atoms with E-state index in [-0.39, 0.29) is 0 Å². The molecule has 0 bridgehead atoms. The van der Waals surface area contributed by atoms with Gasteiger partial charge in [0.15, 0.2) is 0 Å². The number of hydrogen-bond donors (Lipinski definition) is 1. The minimum absolute atomic E-state index is 0.938. The zero-order chi connectivity index (χ0) is 7.11. The van der Waals surface area contributed by atoms with Gasteiger partial charge in [-0.25, -0.2) is 4.99 Å². The summed E-state index contributed by atoms with van der Waals surface area (Å²) in [7, 11) is 0. The molecule has 0 aromatic heterocycles. The largest absolute Gasteiger partial charge is 0.289 e. The van der Waals surface area contributed by atoms with Crippen LogP contribution in [0.2, 0.25) is 0 Å². The van der Waals surface area contributed by atoms with Crippen LogP contribution in [0.4, 0.5) is 0 Å². The first-order valence-corrected chi connectivity index (χ1v) is 4.02. The Morgan fingerprint density at radius 2 is 2.33 bits per heavy atom. The summed E-state index contributed by atoms with van der Waals surface area (Å²) in [4.78, 5) is 3.85. The molecule has 0 unspecified atom stereocenters. The molecule has 0 radical (unpaired) electrons. The van der Waals surface area contributed by atoms with Gasteiger partial charge in [0.1, 0.15) is 6.34 Å². The van der Waals surface area contributed by atoms with E-state index in [0.29, 0.717) is 0 Å². The number of thioether (sulfide) groups is 1. The summed E-state index contributed by atoms with van der Waals surface area (Å²) in [6.07, 6.45) is 2.04. The molecule has 0 amide bonds. The second kappa shape index (κ2) is 5.82. The molecular formula is C6H12N2S. The second-order valence-electron chi connectivity index (χ2n) is 1.44. The Balaban J connectivity index is 3.66. The van der Waals surface area contributed by atoms with Crippen LogP contribution in [0.1, 0.15) is 20.3 Å². The van der Waals surface area contributed by atoms with E-state index >= 15 is 0 Å². The SMILES string of the molecule is CCS/C(CC)=N/C=N. The fourth-order valence-corrected chi connectivity index (χ4v) is 1.13. The molecule has 0 spiro atoms. The molecule has 0 heterocycles. The van der Waals surface area contributed by atoms with E-state index in [4.69, 9.17) is 5.41 Å². The van der Waals surface area contributed by atoms with Gasteiger partial charge < -0.3 is 0 Å². The van der Waals surface area contributed by atoms with Crippen molar-refractivity contribution in [2.45, 2.75) is 20.3 Å². The molecule has 0 fully saturated rings. The minimum atomic E-state index is 0.938. The number of aliphatic imine (C=N–C) groups is 1. The molecule has 0 saturated carbocycles. The van der Waals surface area contributed by atoms with Crippen molar-refractivity contribution in [2.75, 3.05) is 5.75 Å². The molecule has 9 heavy (non-hydrogen) atoms. The monoisotopic (exact) mass is 144 g/mol. The van der Waals surface area contributed by atoms with Crippen molar-refractivity contribution in [3.8, 4) is 0 Å². The highest BCUT2D eigenvalue weighted by Gasteiger charge is 1.90. The van der Waals surface area contributed by atoms with Crippen LogP contribution in [0.5, 0.6) is 0 Å². The van der Waals surface area contributed by atoms with Crippen molar-refractivity contribution in [3.63, 3.8) is 0 Å². The predicted molar refractivity (Wildman–Crippen MR) is 44.6 cm³/mol. The van der Waals surface area contributed by atoms with Crippen LogP contribution in [0.15, 0.2) is 4.99 Å². The molecule has 0 aliphatic rings. The summed E-state index contributed by atoms with van der Waals surface area (Å²) in [6, 6.07) is 0. The normalized spacial score (nSPS) is 11.6. The van der Waals surface area contributed by atoms with Crippen molar-refractivity contribution < 1.29 is 0 Å². The van der Waals surface area contributed by atoms with Crippen LogP contribution >= 0.6 is 11.8 Å². The molecule has 0 aromatic rings. The van der Waals surface area contributed by atoms with Crippen molar-refractivity contribution in [2.24, 2.45) is 4.99 Å². The second-order valence-corrected chi connectivity index (χ2v) is 2.78. The zero-order valence-electron chi connectivity index (χ0n) is 5.85. The first-order valence-electron chi connectivity index (χ1n) is 3.03. The van der Waals surface area contributed by atoms with Crippen LogP contribution in [-0.4, -0.2) is 17.1 Å². The molecule has 0 saturated heterocycles. The quantitative estimate of drug-likeness (QED) is 0.478. The van der Waals surface area contributed by atoms with Crippen LogP contribution in [0.25, 0.3) is 0 Å². The Morgan fingerprint density at radius 3 is 2.67 bits per heavy atom. The number of hydrogen-bond acceptors (Lipinski definition) is 2. The highest BCUT2D eigenvalue weighted by molar-refractivity contribution is 8.13. The van der Waals surface area contributed by atoms with Gasteiger partial charge in [-0.15, -0.1) is 11.8 Å². The van der Waals surface area contributed by atoms with Crippen molar-refractivity contribution >= 4 is 23.1 Å². The Morgan fingerprint density at radius 1 is 1.67 bits per heavy atom. The molecule has 3 heteroatoms. The first-order chi connectivity index (χ1) is 4.35.